The predicted molar refractivity (Wildman–Crippen MR) is 60.8 cm³/mol. The summed E-state index contributed by atoms with van der Waals surface area (Å²) < 4.78 is 10.6. The number of aromatic nitrogens is 1. The van der Waals surface area contributed by atoms with E-state index < -0.39 is 0 Å². The van der Waals surface area contributed by atoms with Crippen molar-refractivity contribution in [2.24, 2.45) is 0 Å². The summed E-state index contributed by atoms with van der Waals surface area (Å²) in [6, 6.07) is 9.28. The number of ether oxygens (including phenoxy) is 2. The molecular weight excluding hydrogens is 226 g/mol. The molecule has 2 aromatic rings. The number of hydrogen-bond donors (Lipinski definition) is 0. The van der Waals surface area contributed by atoms with Gasteiger partial charge in [-0.15, -0.1) is 0 Å². The molecule has 1 aliphatic rings. The third kappa shape index (κ3) is 1.59. The summed E-state index contributed by atoms with van der Waals surface area (Å²) in [4.78, 5) is 4.25. The molecule has 0 amide bonds. The summed E-state index contributed by atoms with van der Waals surface area (Å²) in [6.45, 7) is 0.280. The van der Waals surface area contributed by atoms with Crippen LogP contribution in [0.2, 0.25) is 5.02 Å². The molecule has 0 fully saturated rings. The maximum atomic E-state index is 5.92. The van der Waals surface area contributed by atoms with E-state index in [4.69, 9.17) is 21.1 Å². The normalized spacial score (nSPS) is 12.8. The fraction of sp³-hybridized carbons (Fsp3) is 0.0833. The second kappa shape index (κ2) is 3.68. The van der Waals surface area contributed by atoms with Gasteiger partial charge in [0.25, 0.3) is 0 Å². The first-order valence-corrected chi connectivity index (χ1v) is 5.22. The molecule has 80 valence electrons. The summed E-state index contributed by atoms with van der Waals surface area (Å²) in [5.41, 5.74) is 1.79. The number of rotatable bonds is 1. The first kappa shape index (κ1) is 9.48. The van der Waals surface area contributed by atoms with E-state index in [2.05, 4.69) is 4.98 Å². The molecule has 0 bridgehead atoms. The average Bonchev–Trinajstić information content (AvgIpc) is 2.75. The number of fused-ring (bicyclic) bond motifs is 1. The molecule has 1 aliphatic heterocycles. The predicted octanol–water partition coefficient (Wildman–Crippen LogP) is 3.13. The van der Waals surface area contributed by atoms with Crippen LogP contribution >= 0.6 is 11.6 Å². The Labute approximate surface area is 97.6 Å². The second-order valence-corrected chi connectivity index (χ2v) is 3.86. The van der Waals surface area contributed by atoms with Crippen molar-refractivity contribution in [3.8, 4) is 22.8 Å². The topological polar surface area (TPSA) is 31.4 Å². The molecule has 0 spiro atoms. The van der Waals surface area contributed by atoms with Gasteiger partial charge in [0.1, 0.15) is 0 Å². The molecule has 3 nitrogen and oxygen atoms in total. The number of nitrogens with zero attached hydrogens (tertiary/aromatic N) is 1. The Bertz CT molecular complexity index is 542. The van der Waals surface area contributed by atoms with Gasteiger partial charge >= 0.3 is 0 Å². The lowest BCUT2D eigenvalue weighted by molar-refractivity contribution is 0.174. The third-order valence-electron chi connectivity index (χ3n) is 2.39. The molecule has 0 saturated carbocycles. The Morgan fingerprint density at radius 1 is 1.06 bits per heavy atom. The van der Waals surface area contributed by atoms with E-state index in [0.717, 1.165) is 22.8 Å². The highest BCUT2D eigenvalue weighted by Crippen LogP contribution is 2.35. The summed E-state index contributed by atoms with van der Waals surface area (Å²) >= 11 is 5.92. The van der Waals surface area contributed by atoms with Crippen molar-refractivity contribution in [2.45, 2.75) is 0 Å². The smallest absolute Gasteiger partial charge is 0.231 e. The van der Waals surface area contributed by atoms with Crippen LogP contribution < -0.4 is 9.47 Å². The van der Waals surface area contributed by atoms with Crippen molar-refractivity contribution in [3.63, 3.8) is 0 Å². The van der Waals surface area contributed by atoms with Gasteiger partial charge in [0.05, 0.1) is 5.69 Å². The van der Waals surface area contributed by atoms with Crippen LogP contribution in [0, 0.1) is 0 Å². The van der Waals surface area contributed by atoms with Crippen LogP contribution in [0.1, 0.15) is 0 Å². The quantitative estimate of drug-likeness (QED) is 0.758. The summed E-state index contributed by atoms with van der Waals surface area (Å²) in [6.07, 6.45) is 1.68. The molecule has 0 N–H and O–H groups in total. The largest absolute Gasteiger partial charge is 0.454 e. The number of hydrogen-bond acceptors (Lipinski definition) is 3. The van der Waals surface area contributed by atoms with Crippen LogP contribution in [-0.2, 0) is 0 Å². The van der Waals surface area contributed by atoms with E-state index in [0.29, 0.717) is 5.02 Å². The standard InChI is InChI=1S/C12H8ClNO2/c13-9-3-4-14-10(6-9)8-1-2-11-12(5-8)16-7-15-11/h1-6H,7H2. The maximum absolute atomic E-state index is 5.92. The lowest BCUT2D eigenvalue weighted by Gasteiger charge is -2.02. The van der Waals surface area contributed by atoms with Crippen molar-refractivity contribution >= 4 is 11.6 Å². The summed E-state index contributed by atoms with van der Waals surface area (Å²) in [7, 11) is 0. The molecule has 0 radical (unpaired) electrons. The van der Waals surface area contributed by atoms with Crippen LogP contribution in [0.5, 0.6) is 11.5 Å². The fourth-order valence-electron chi connectivity index (χ4n) is 1.62. The SMILES string of the molecule is Clc1ccnc(-c2ccc3c(c2)OCO3)c1. The minimum Gasteiger partial charge on any atom is -0.454 e. The zero-order valence-electron chi connectivity index (χ0n) is 8.31. The van der Waals surface area contributed by atoms with E-state index in [-0.39, 0.29) is 6.79 Å². The molecule has 0 unspecified atom stereocenters. The zero-order chi connectivity index (χ0) is 11.0. The highest BCUT2D eigenvalue weighted by atomic mass is 35.5. The monoisotopic (exact) mass is 233 g/mol. The highest BCUT2D eigenvalue weighted by molar-refractivity contribution is 6.30. The number of halogens is 1. The molecule has 0 saturated heterocycles. The number of benzene rings is 1. The molecule has 1 aromatic carbocycles. The molecule has 0 aliphatic carbocycles. The average molecular weight is 234 g/mol. The van der Waals surface area contributed by atoms with Crippen molar-refractivity contribution in [1.29, 1.82) is 0 Å². The molecule has 2 heterocycles. The van der Waals surface area contributed by atoms with Gasteiger partial charge in [0, 0.05) is 16.8 Å². The fourth-order valence-corrected chi connectivity index (χ4v) is 1.78. The van der Waals surface area contributed by atoms with Crippen LogP contribution in [0.4, 0.5) is 0 Å². The first-order chi connectivity index (χ1) is 7.83. The van der Waals surface area contributed by atoms with Crippen LogP contribution in [-0.4, -0.2) is 11.8 Å². The third-order valence-corrected chi connectivity index (χ3v) is 2.63. The van der Waals surface area contributed by atoms with E-state index in [1.165, 1.54) is 0 Å². The second-order valence-electron chi connectivity index (χ2n) is 3.43. The van der Waals surface area contributed by atoms with E-state index in [9.17, 15) is 0 Å². The van der Waals surface area contributed by atoms with Gasteiger partial charge in [0.15, 0.2) is 11.5 Å². The first-order valence-electron chi connectivity index (χ1n) is 4.84. The molecule has 1 aromatic heterocycles. The van der Waals surface area contributed by atoms with Crippen molar-refractivity contribution < 1.29 is 9.47 Å². The molecule has 0 atom stereocenters. The Kier molecular flexibility index (Phi) is 2.18. The van der Waals surface area contributed by atoms with Crippen molar-refractivity contribution in [1.82, 2.24) is 4.98 Å². The van der Waals surface area contributed by atoms with Gasteiger partial charge in [0.2, 0.25) is 6.79 Å². The lowest BCUT2D eigenvalue weighted by atomic mass is 10.1. The van der Waals surface area contributed by atoms with Crippen LogP contribution in [0.15, 0.2) is 36.5 Å². The van der Waals surface area contributed by atoms with Gasteiger partial charge in [-0.25, -0.2) is 0 Å². The Hall–Kier alpha value is -1.74. The van der Waals surface area contributed by atoms with Gasteiger partial charge in [-0.2, -0.15) is 0 Å². The van der Waals surface area contributed by atoms with Crippen molar-refractivity contribution in [3.05, 3.63) is 41.6 Å². The van der Waals surface area contributed by atoms with Crippen LogP contribution in [0.25, 0.3) is 11.3 Å². The lowest BCUT2D eigenvalue weighted by Crippen LogP contribution is -1.92. The van der Waals surface area contributed by atoms with Gasteiger partial charge < -0.3 is 9.47 Å². The van der Waals surface area contributed by atoms with Gasteiger partial charge in [-0.05, 0) is 30.3 Å². The molecule has 16 heavy (non-hydrogen) atoms. The summed E-state index contributed by atoms with van der Waals surface area (Å²) in [5.74, 6) is 1.52. The highest BCUT2D eigenvalue weighted by Gasteiger charge is 2.14. The molecular formula is C12H8ClNO2. The van der Waals surface area contributed by atoms with E-state index in [1.807, 2.05) is 24.3 Å². The maximum Gasteiger partial charge on any atom is 0.231 e. The molecule has 3 rings (SSSR count). The number of pyridine rings is 1. The minimum absolute atomic E-state index is 0.280. The Morgan fingerprint density at radius 2 is 1.94 bits per heavy atom. The van der Waals surface area contributed by atoms with Crippen molar-refractivity contribution in [2.75, 3.05) is 6.79 Å². The summed E-state index contributed by atoms with van der Waals surface area (Å²) in [5, 5.41) is 0.669. The van der Waals surface area contributed by atoms with E-state index in [1.54, 1.807) is 12.3 Å². The van der Waals surface area contributed by atoms with Crippen LogP contribution in [0.3, 0.4) is 0 Å². The van der Waals surface area contributed by atoms with Gasteiger partial charge in [-0.3, -0.25) is 4.98 Å². The van der Waals surface area contributed by atoms with E-state index >= 15 is 0 Å². The van der Waals surface area contributed by atoms with Gasteiger partial charge in [-0.1, -0.05) is 11.6 Å². The Balaban J connectivity index is 2.07. The molecule has 4 heteroatoms. The minimum atomic E-state index is 0.280. The zero-order valence-corrected chi connectivity index (χ0v) is 9.07. The Morgan fingerprint density at radius 3 is 2.81 bits per heavy atom.